The summed E-state index contributed by atoms with van der Waals surface area (Å²) < 4.78 is 1.88. The molecule has 2 amide bonds. The minimum absolute atomic E-state index is 0.0116. The van der Waals surface area contributed by atoms with Crippen LogP contribution in [0.1, 0.15) is 47.5 Å². The molecule has 5 heteroatoms. The summed E-state index contributed by atoms with van der Waals surface area (Å²) in [6.45, 7) is 6.13. The lowest BCUT2D eigenvalue weighted by Crippen LogP contribution is -2.44. The highest BCUT2D eigenvalue weighted by atomic mass is 16.2. The maximum Gasteiger partial charge on any atom is 0.315 e. The van der Waals surface area contributed by atoms with Crippen LogP contribution in [0.25, 0.3) is 0 Å². The van der Waals surface area contributed by atoms with Gasteiger partial charge in [-0.15, -0.1) is 0 Å². The van der Waals surface area contributed by atoms with E-state index in [9.17, 15) is 4.79 Å². The van der Waals surface area contributed by atoms with E-state index in [1.807, 2.05) is 25.6 Å². The van der Waals surface area contributed by atoms with Gasteiger partial charge in [0.1, 0.15) is 0 Å². The Bertz CT molecular complexity index is 725. The standard InChI is InChI=1S/C19H26N4O/c1-5-17(18-12(2)22-23(4)13(18)3)21-19(24)20-16-10-14-8-6-7-9-15(14)11-16/h6-9,16-17H,5,10-11H2,1-4H3,(H2,20,21,24). The second kappa shape index (κ2) is 6.67. The van der Waals surface area contributed by atoms with Crippen molar-refractivity contribution < 1.29 is 4.79 Å². The molecule has 1 atom stereocenters. The first-order valence-corrected chi connectivity index (χ1v) is 8.63. The van der Waals surface area contributed by atoms with Crippen molar-refractivity contribution in [2.75, 3.05) is 0 Å². The number of aryl methyl sites for hydroxylation is 2. The minimum atomic E-state index is -0.0951. The van der Waals surface area contributed by atoms with Gasteiger partial charge in [0.25, 0.3) is 0 Å². The number of fused-ring (bicyclic) bond motifs is 1. The van der Waals surface area contributed by atoms with Crippen molar-refractivity contribution in [3.63, 3.8) is 0 Å². The fourth-order valence-electron chi connectivity index (χ4n) is 3.72. The second-order valence-corrected chi connectivity index (χ2v) is 6.66. The van der Waals surface area contributed by atoms with Crippen molar-refractivity contribution in [3.05, 3.63) is 52.3 Å². The molecule has 5 nitrogen and oxygen atoms in total. The molecule has 2 N–H and O–H groups in total. The van der Waals surface area contributed by atoms with Gasteiger partial charge < -0.3 is 10.6 Å². The Morgan fingerprint density at radius 2 is 1.92 bits per heavy atom. The number of nitrogens with one attached hydrogen (secondary N) is 2. The van der Waals surface area contributed by atoms with Gasteiger partial charge in [0.15, 0.2) is 0 Å². The van der Waals surface area contributed by atoms with Gasteiger partial charge >= 0.3 is 6.03 Å². The van der Waals surface area contributed by atoms with E-state index in [2.05, 4.69) is 46.9 Å². The molecule has 1 heterocycles. The number of aromatic nitrogens is 2. The molecule has 3 rings (SSSR count). The molecule has 1 aromatic carbocycles. The zero-order chi connectivity index (χ0) is 17.3. The molecule has 1 aromatic heterocycles. The average molecular weight is 326 g/mol. The molecule has 0 spiro atoms. The van der Waals surface area contributed by atoms with Crippen LogP contribution in [0.4, 0.5) is 4.79 Å². The number of urea groups is 1. The van der Waals surface area contributed by atoms with Gasteiger partial charge in [0, 0.05) is 24.3 Å². The van der Waals surface area contributed by atoms with Crippen LogP contribution in [0.2, 0.25) is 0 Å². The van der Waals surface area contributed by atoms with Crippen molar-refractivity contribution in [1.29, 1.82) is 0 Å². The number of nitrogens with zero attached hydrogens (tertiary/aromatic N) is 2. The smallest absolute Gasteiger partial charge is 0.315 e. The maximum absolute atomic E-state index is 12.5. The van der Waals surface area contributed by atoms with Crippen LogP contribution in [-0.4, -0.2) is 21.9 Å². The molecule has 1 unspecified atom stereocenters. The first kappa shape index (κ1) is 16.6. The number of rotatable bonds is 4. The van der Waals surface area contributed by atoms with Crippen molar-refractivity contribution in [2.45, 2.75) is 52.1 Å². The summed E-state index contributed by atoms with van der Waals surface area (Å²) in [5.74, 6) is 0. The van der Waals surface area contributed by atoms with E-state index in [0.717, 1.165) is 36.2 Å². The Balaban J connectivity index is 1.64. The second-order valence-electron chi connectivity index (χ2n) is 6.66. The molecule has 1 aliphatic carbocycles. The van der Waals surface area contributed by atoms with Crippen LogP contribution in [0.3, 0.4) is 0 Å². The molecular formula is C19H26N4O. The molecule has 0 bridgehead atoms. The third-order valence-corrected chi connectivity index (χ3v) is 5.01. The molecule has 2 aromatic rings. The van der Waals surface area contributed by atoms with E-state index in [4.69, 9.17) is 0 Å². The van der Waals surface area contributed by atoms with E-state index >= 15 is 0 Å². The Morgan fingerprint density at radius 1 is 1.29 bits per heavy atom. The van der Waals surface area contributed by atoms with E-state index in [1.165, 1.54) is 11.1 Å². The van der Waals surface area contributed by atoms with Gasteiger partial charge in [-0.05, 0) is 44.2 Å². The summed E-state index contributed by atoms with van der Waals surface area (Å²) in [6.07, 6.45) is 2.66. The summed E-state index contributed by atoms with van der Waals surface area (Å²) in [5.41, 5.74) is 5.90. The molecular weight excluding hydrogens is 300 g/mol. The third-order valence-electron chi connectivity index (χ3n) is 5.01. The first-order chi connectivity index (χ1) is 11.5. The molecule has 0 saturated heterocycles. The minimum Gasteiger partial charge on any atom is -0.335 e. The van der Waals surface area contributed by atoms with Gasteiger partial charge in [-0.2, -0.15) is 5.10 Å². The molecule has 0 radical (unpaired) electrons. The monoisotopic (exact) mass is 326 g/mol. The largest absolute Gasteiger partial charge is 0.335 e. The maximum atomic E-state index is 12.5. The van der Waals surface area contributed by atoms with Gasteiger partial charge in [-0.3, -0.25) is 4.68 Å². The summed E-state index contributed by atoms with van der Waals surface area (Å²) in [4.78, 5) is 12.5. The van der Waals surface area contributed by atoms with Crippen molar-refractivity contribution in [3.8, 4) is 0 Å². The number of hydrogen-bond acceptors (Lipinski definition) is 2. The third kappa shape index (κ3) is 3.16. The SMILES string of the molecule is CCC(NC(=O)NC1Cc2ccccc2C1)c1c(C)nn(C)c1C. The Labute approximate surface area is 143 Å². The Hall–Kier alpha value is -2.30. The number of benzene rings is 1. The quantitative estimate of drug-likeness (QED) is 0.907. The van der Waals surface area contributed by atoms with Gasteiger partial charge in [-0.25, -0.2) is 4.79 Å². The van der Waals surface area contributed by atoms with E-state index < -0.39 is 0 Å². The highest BCUT2D eigenvalue weighted by molar-refractivity contribution is 5.75. The molecule has 128 valence electrons. The van der Waals surface area contributed by atoms with Crippen molar-refractivity contribution in [1.82, 2.24) is 20.4 Å². The number of hydrogen-bond donors (Lipinski definition) is 2. The van der Waals surface area contributed by atoms with Gasteiger partial charge in [0.2, 0.25) is 0 Å². The topological polar surface area (TPSA) is 59.0 Å². The number of carbonyl (C=O) groups is 1. The lowest BCUT2D eigenvalue weighted by Gasteiger charge is -2.20. The van der Waals surface area contributed by atoms with E-state index in [-0.39, 0.29) is 18.1 Å². The predicted molar refractivity (Wildman–Crippen MR) is 95.0 cm³/mol. The molecule has 0 saturated carbocycles. The zero-order valence-electron chi connectivity index (χ0n) is 14.9. The molecule has 0 aliphatic heterocycles. The van der Waals surface area contributed by atoms with Crippen LogP contribution in [0, 0.1) is 13.8 Å². The van der Waals surface area contributed by atoms with Crippen molar-refractivity contribution >= 4 is 6.03 Å². The number of carbonyl (C=O) groups excluding carboxylic acids is 1. The highest BCUT2D eigenvalue weighted by Gasteiger charge is 2.25. The Kier molecular flexibility index (Phi) is 4.60. The van der Waals surface area contributed by atoms with Crippen LogP contribution in [-0.2, 0) is 19.9 Å². The first-order valence-electron chi connectivity index (χ1n) is 8.63. The summed E-state index contributed by atoms with van der Waals surface area (Å²) in [7, 11) is 1.94. The van der Waals surface area contributed by atoms with Crippen LogP contribution in [0.5, 0.6) is 0 Å². The summed E-state index contributed by atoms with van der Waals surface area (Å²) in [6, 6.07) is 8.48. The lowest BCUT2D eigenvalue weighted by atomic mass is 10.0. The molecule has 1 aliphatic rings. The van der Waals surface area contributed by atoms with Crippen LogP contribution in [0.15, 0.2) is 24.3 Å². The normalized spacial score (nSPS) is 15.2. The van der Waals surface area contributed by atoms with E-state index in [1.54, 1.807) is 0 Å². The lowest BCUT2D eigenvalue weighted by molar-refractivity contribution is 0.233. The summed E-state index contributed by atoms with van der Waals surface area (Å²) in [5, 5.41) is 10.7. The van der Waals surface area contributed by atoms with Crippen molar-refractivity contribution in [2.24, 2.45) is 7.05 Å². The highest BCUT2D eigenvalue weighted by Crippen LogP contribution is 2.24. The zero-order valence-corrected chi connectivity index (χ0v) is 14.9. The molecule has 0 fully saturated rings. The summed E-state index contributed by atoms with van der Waals surface area (Å²) >= 11 is 0. The fourth-order valence-corrected chi connectivity index (χ4v) is 3.72. The predicted octanol–water partition coefficient (Wildman–Crippen LogP) is 2.95. The molecule has 24 heavy (non-hydrogen) atoms. The van der Waals surface area contributed by atoms with Gasteiger partial charge in [0.05, 0.1) is 11.7 Å². The van der Waals surface area contributed by atoms with Crippen LogP contribution < -0.4 is 10.6 Å². The van der Waals surface area contributed by atoms with E-state index in [0.29, 0.717) is 0 Å². The number of amides is 2. The van der Waals surface area contributed by atoms with Gasteiger partial charge in [-0.1, -0.05) is 31.2 Å². The van der Waals surface area contributed by atoms with Crippen LogP contribution >= 0.6 is 0 Å². The fraction of sp³-hybridized carbons (Fsp3) is 0.474. The average Bonchev–Trinajstić information content (AvgIpc) is 3.05. The Morgan fingerprint density at radius 3 is 2.42 bits per heavy atom.